The normalized spacial score (nSPS) is 11.7. The number of oxime groups is 2. The first kappa shape index (κ1) is 56.6. The second-order valence-corrected chi connectivity index (χ2v) is 20.5. The van der Waals surface area contributed by atoms with Crippen LogP contribution in [0.25, 0.3) is 11.3 Å². The lowest BCUT2D eigenvalue weighted by atomic mass is 9.80. The average molecular weight is 1100 g/mol. The Hall–Kier alpha value is -4.75. The Kier molecular flexibility index (Phi) is 24.7. The fourth-order valence-electron chi connectivity index (χ4n) is 6.17. The van der Waals surface area contributed by atoms with E-state index in [4.69, 9.17) is 23.9 Å². The van der Waals surface area contributed by atoms with Gasteiger partial charge < -0.3 is 23.9 Å². The number of nitrogens with zero attached hydrogens (tertiary/aromatic N) is 3. The van der Waals surface area contributed by atoms with E-state index in [0.717, 1.165) is 104 Å². The molecule has 0 fully saturated rings. The summed E-state index contributed by atoms with van der Waals surface area (Å²) >= 11 is 10.2. The van der Waals surface area contributed by atoms with Gasteiger partial charge in [0.25, 0.3) is 0 Å². The Labute approximate surface area is 426 Å². The molecule has 355 valence electrons. The third-order valence-corrected chi connectivity index (χ3v) is 11.8. The number of fused-ring (bicyclic) bond motifs is 1. The minimum Gasteiger partial charge on any atom is -0.524 e. The molecule has 0 atom stereocenters. The summed E-state index contributed by atoms with van der Waals surface area (Å²) in [7, 11) is 2.94. The molecule has 8 nitrogen and oxygen atoms in total. The lowest BCUT2D eigenvalue weighted by Gasteiger charge is -2.26. The smallest absolute Gasteiger partial charge is 0.524 e. The van der Waals surface area contributed by atoms with Crippen LogP contribution in [0.5, 0.6) is 11.5 Å². The predicted molar refractivity (Wildman–Crippen MR) is 289 cm³/mol. The van der Waals surface area contributed by atoms with Crippen LogP contribution < -0.4 is 9.31 Å². The van der Waals surface area contributed by atoms with Gasteiger partial charge in [-0.15, -0.1) is 0 Å². The van der Waals surface area contributed by atoms with Crippen LogP contribution in [0, 0.1) is 30.6 Å². The van der Waals surface area contributed by atoms with Crippen molar-refractivity contribution in [3.63, 3.8) is 0 Å². The molecule has 1 aromatic heterocycles. The van der Waals surface area contributed by atoms with Gasteiger partial charge in [-0.2, -0.15) is 0 Å². The summed E-state index contributed by atoms with van der Waals surface area (Å²) in [6, 6.07) is 27.9. The predicted octanol–water partition coefficient (Wildman–Crippen LogP) is 16.2. The quantitative estimate of drug-likeness (QED) is 0.0353. The summed E-state index contributed by atoms with van der Waals surface area (Å²) in [5.74, 6) is 14.8. The maximum Gasteiger partial charge on any atom is 0.658 e. The van der Waals surface area contributed by atoms with E-state index >= 15 is 0 Å². The first-order valence-corrected chi connectivity index (χ1v) is 25.2. The van der Waals surface area contributed by atoms with Crippen molar-refractivity contribution in [1.82, 2.24) is 5.16 Å². The van der Waals surface area contributed by atoms with E-state index in [-0.39, 0.29) is 10.8 Å². The van der Waals surface area contributed by atoms with Crippen LogP contribution in [-0.2, 0) is 22.1 Å². The summed E-state index contributed by atoms with van der Waals surface area (Å²) in [6.45, 7) is 21.7. The molecule has 0 saturated heterocycles. The van der Waals surface area contributed by atoms with Crippen LogP contribution in [0.15, 0.2) is 113 Å². The maximum absolute atomic E-state index is 8.88. The van der Waals surface area contributed by atoms with Crippen LogP contribution in [0.4, 0.5) is 0 Å². The fourth-order valence-corrected chi connectivity index (χ4v) is 6.97. The topological polar surface area (TPSA) is 98.7 Å². The summed E-state index contributed by atoms with van der Waals surface area (Å²) in [6.07, 6.45) is 9.51. The van der Waals surface area contributed by atoms with Crippen molar-refractivity contribution in [1.29, 1.82) is 0 Å². The number of benzene rings is 4. The molecule has 12 heteroatoms. The van der Waals surface area contributed by atoms with Crippen molar-refractivity contribution in [2.75, 3.05) is 7.11 Å². The van der Waals surface area contributed by atoms with Crippen molar-refractivity contribution in [3.8, 4) is 46.4 Å². The summed E-state index contributed by atoms with van der Waals surface area (Å²) in [5, 5.41) is 20.2. The Bertz CT molecular complexity index is 2460. The molecular formula is C55H66BBr3N3O5. The highest BCUT2D eigenvalue weighted by Gasteiger charge is 2.30. The molecule has 1 aliphatic rings. The number of aromatic nitrogens is 1. The third kappa shape index (κ3) is 19.4. The highest BCUT2D eigenvalue weighted by molar-refractivity contribution is 9.11. The van der Waals surface area contributed by atoms with Crippen LogP contribution in [-0.4, -0.2) is 36.6 Å². The maximum atomic E-state index is 8.88. The van der Waals surface area contributed by atoms with E-state index in [2.05, 4.69) is 180 Å². The summed E-state index contributed by atoms with van der Waals surface area (Å²) in [5.41, 5.74) is 8.78. The van der Waals surface area contributed by atoms with E-state index in [1.807, 2.05) is 60.7 Å². The Morgan fingerprint density at radius 2 is 1.21 bits per heavy atom. The zero-order chi connectivity index (χ0) is 49.4. The minimum absolute atomic E-state index is 0.0485. The van der Waals surface area contributed by atoms with Gasteiger partial charge in [-0.3, -0.25) is 0 Å². The van der Waals surface area contributed by atoms with Gasteiger partial charge >= 0.3 is 7.69 Å². The lowest BCUT2D eigenvalue weighted by molar-refractivity contribution is 0.214. The number of unbranched alkanes of at least 4 members (excludes halogenated alkanes) is 5. The first-order chi connectivity index (χ1) is 32.0. The SMILES string of the molecule is CC(C)(C)c1cc2c(c(C(C)(C)C)c1)O[B]O2.CCCCC#C/C(=N\O)c1ccc(Br)cc1.CCCCC#C/C(=N\OC)c1ccc(Br)cc1.CCCCc1onc(-c2ccc(Br)cc2)c1C. The molecule has 0 bridgehead atoms. The van der Waals surface area contributed by atoms with Crippen molar-refractivity contribution >= 4 is 66.9 Å². The number of aryl methyl sites for hydroxylation is 1. The van der Waals surface area contributed by atoms with Gasteiger partial charge in [0.15, 0.2) is 11.4 Å². The van der Waals surface area contributed by atoms with E-state index in [0.29, 0.717) is 11.4 Å². The molecule has 0 amide bonds. The highest BCUT2D eigenvalue weighted by atomic mass is 79.9. The molecule has 6 rings (SSSR count). The average Bonchev–Trinajstić information content (AvgIpc) is 3.93. The number of hydrogen-bond acceptors (Lipinski definition) is 8. The molecule has 0 saturated carbocycles. The van der Waals surface area contributed by atoms with Crippen molar-refractivity contribution in [2.45, 2.75) is 138 Å². The molecule has 1 radical (unpaired) electrons. The Balaban J connectivity index is 0.000000237. The summed E-state index contributed by atoms with van der Waals surface area (Å²) in [4.78, 5) is 4.82. The molecular weight excluding hydrogens is 1030 g/mol. The Morgan fingerprint density at radius 1 is 0.701 bits per heavy atom. The molecule has 0 unspecified atom stereocenters. The molecule has 0 spiro atoms. The molecule has 1 aliphatic heterocycles. The lowest BCUT2D eigenvalue weighted by Crippen LogP contribution is -2.16. The largest absolute Gasteiger partial charge is 0.658 e. The zero-order valence-corrected chi connectivity index (χ0v) is 45.8. The van der Waals surface area contributed by atoms with Gasteiger partial charge in [0.1, 0.15) is 30.1 Å². The molecule has 2 heterocycles. The van der Waals surface area contributed by atoms with Crippen molar-refractivity contribution in [3.05, 3.63) is 132 Å². The molecule has 0 aliphatic carbocycles. The standard InChI is InChI=1S/C14H20BO2.2C14H16BrNO.C13H14BrNO/c1-13(2,3)9-7-10(14(4,5)6)12-11(8-9)16-15-17-12;1-3-4-5-13-10(2)14(16-17-13)11-6-8-12(15)9-7-11;1-3-4-5-6-7-14(16-17-2)12-8-10-13(15)11-9-12;1-2-3-4-5-6-13(15-16)11-7-9-12(14)10-8-11/h7-8H,1-6H3;6-9H,3-5H2,1-2H3;8-11H,3-5H2,1-2H3;7-10,16H,2-4H2,1H3/b;;16-14+;15-13+. The van der Waals surface area contributed by atoms with Gasteiger partial charge in [-0.25, -0.2) is 0 Å². The first-order valence-electron chi connectivity index (χ1n) is 22.8. The van der Waals surface area contributed by atoms with Gasteiger partial charge in [-0.1, -0.05) is 199 Å². The second-order valence-electron chi connectivity index (χ2n) is 17.8. The van der Waals surface area contributed by atoms with Crippen LogP contribution in [0.1, 0.15) is 147 Å². The van der Waals surface area contributed by atoms with E-state index in [1.54, 1.807) is 0 Å². The fraction of sp³-hybridized carbons (Fsp3) is 0.400. The minimum atomic E-state index is 0.0485. The van der Waals surface area contributed by atoms with E-state index in [9.17, 15) is 0 Å². The highest BCUT2D eigenvalue weighted by Crippen LogP contribution is 2.44. The van der Waals surface area contributed by atoms with Gasteiger partial charge in [0, 0.05) is 60.5 Å². The van der Waals surface area contributed by atoms with Crippen molar-refractivity contribution < 1.29 is 23.9 Å². The van der Waals surface area contributed by atoms with Crippen LogP contribution >= 0.6 is 47.8 Å². The van der Waals surface area contributed by atoms with Crippen molar-refractivity contribution in [2.24, 2.45) is 10.3 Å². The summed E-state index contributed by atoms with van der Waals surface area (Å²) < 4.78 is 19.4. The second kappa shape index (κ2) is 29.2. The van der Waals surface area contributed by atoms with E-state index < -0.39 is 0 Å². The van der Waals surface area contributed by atoms with Gasteiger partial charge in [0.2, 0.25) is 0 Å². The van der Waals surface area contributed by atoms with Crippen LogP contribution in [0.3, 0.4) is 0 Å². The molecule has 67 heavy (non-hydrogen) atoms. The molecule has 5 aromatic rings. The molecule has 1 N–H and O–H groups in total. The molecule has 4 aromatic carbocycles. The monoisotopic (exact) mass is 1100 g/mol. The van der Waals surface area contributed by atoms with Crippen LogP contribution in [0.2, 0.25) is 0 Å². The Morgan fingerprint density at radius 3 is 1.69 bits per heavy atom. The van der Waals surface area contributed by atoms with Gasteiger partial charge in [0.05, 0.1) is 0 Å². The zero-order valence-electron chi connectivity index (χ0n) is 41.1. The number of rotatable bonds is 11. The number of halogens is 3. The number of hydrogen-bond donors (Lipinski definition) is 1. The van der Waals surface area contributed by atoms with Gasteiger partial charge in [-0.05, 0) is 96.9 Å². The van der Waals surface area contributed by atoms with E-state index in [1.165, 1.54) is 37.9 Å². The third-order valence-electron chi connectivity index (χ3n) is 10.2.